The first kappa shape index (κ1) is 24.4. The van der Waals surface area contributed by atoms with E-state index in [2.05, 4.69) is 15.5 Å². The van der Waals surface area contributed by atoms with Crippen molar-refractivity contribution in [2.24, 2.45) is 5.16 Å². The number of carboxylic acids is 1. The number of quaternary nitrogens is 1. The molecule has 2 amide bonds. The Kier molecular flexibility index (Phi) is 6.85. The molecule has 2 saturated heterocycles. The van der Waals surface area contributed by atoms with Gasteiger partial charge in [-0.15, -0.1) is 23.1 Å². The van der Waals surface area contributed by atoms with Gasteiger partial charge in [-0.2, -0.15) is 0 Å². The Bertz CT molecular complexity index is 1070. The van der Waals surface area contributed by atoms with Gasteiger partial charge in [-0.25, -0.2) is 4.98 Å². The molecule has 3 aliphatic rings. The number of nitrogens with one attached hydrogen (secondary N) is 1. The Hall–Kier alpha value is -2.68. The van der Waals surface area contributed by atoms with Gasteiger partial charge in [0, 0.05) is 42.6 Å². The van der Waals surface area contributed by atoms with Crippen molar-refractivity contribution in [3.8, 4) is 0 Å². The Morgan fingerprint density at radius 1 is 1.47 bits per heavy atom. The molecule has 184 valence electrons. The number of hydrogen-bond acceptors (Lipinski definition) is 11. The number of likely N-dealkylation sites (tertiary alicyclic amines) is 1. The Balaban J connectivity index is 1.51. The first-order valence-corrected chi connectivity index (χ1v) is 12.7. The van der Waals surface area contributed by atoms with Crippen molar-refractivity contribution in [3.63, 3.8) is 0 Å². The topological polar surface area (TPSA) is 181 Å². The van der Waals surface area contributed by atoms with Gasteiger partial charge in [0.1, 0.15) is 23.7 Å². The van der Waals surface area contributed by atoms with E-state index in [0.29, 0.717) is 28.8 Å². The highest BCUT2D eigenvalue weighted by atomic mass is 32.2. The zero-order chi connectivity index (χ0) is 24.6. The molecule has 5 N–H and O–H groups in total. The first-order chi connectivity index (χ1) is 16.2. The first-order valence-electron chi connectivity index (χ1n) is 10.8. The third kappa shape index (κ3) is 4.26. The van der Waals surface area contributed by atoms with Crippen molar-refractivity contribution in [1.29, 1.82) is 0 Å². The zero-order valence-electron chi connectivity index (χ0n) is 18.5. The molecule has 12 nitrogen and oxygen atoms in total. The molecule has 3 unspecified atom stereocenters. The van der Waals surface area contributed by atoms with Crippen molar-refractivity contribution >= 4 is 51.7 Å². The number of hydrogen-bond donors (Lipinski definition) is 4. The molecular weight excluding hydrogens is 484 g/mol. The summed E-state index contributed by atoms with van der Waals surface area (Å²) in [4.78, 5) is 42.7. The number of aliphatic hydroxyl groups is 1. The molecule has 2 fully saturated rings. The monoisotopic (exact) mass is 510 g/mol. The minimum atomic E-state index is -1.43. The smallest absolute Gasteiger partial charge is 0.276 e. The molecule has 4 heterocycles. The molecule has 0 radical (unpaired) electrons. The number of amides is 2. The van der Waals surface area contributed by atoms with E-state index in [1.165, 1.54) is 22.0 Å². The molecular formula is C20H26N6O6S2. The number of aromatic nitrogens is 1. The van der Waals surface area contributed by atoms with Crippen LogP contribution in [0.4, 0.5) is 5.13 Å². The lowest BCUT2D eigenvalue weighted by Gasteiger charge is -2.51. The van der Waals surface area contributed by atoms with Crippen molar-refractivity contribution in [2.75, 3.05) is 38.2 Å². The quantitative estimate of drug-likeness (QED) is 0.104. The van der Waals surface area contributed by atoms with Gasteiger partial charge in [0.15, 0.2) is 10.8 Å². The SMILES string of the molecule is C[N+]1(CC2=C(C(=O)[O-])N3C(=O)C(NC(=O)C(=NO)c4csc(N)n4)[C@@H]3SC2)CCCC1CCO. The molecule has 0 spiro atoms. The summed E-state index contributed by atoms with van der Waals surface area (Å²) in [5.41, 5.74) is 5.71. The van der Waals surface area contributed by atoms with E-state index in [0.717, 1.165) is 30.7 Å². The lowest BCUT2D eigenvalue weighted by Crippen LogP contribution is -2.72. The van der Waals surface area contributed by atoms with Crippen LogP contribution in [0.25, 0.3) is 0 Å². The maximum Gasteiger partial charge on any atom is 0.276 e. The highest BCUT2D eigenvalue weighted by Crippen LogP contribution is 2.41. The number of likely N-dealkylation sites (N-methyl/N-ethyl adjacent to an activating group) is 1. The number of nitrogens with zero attached hydrogens (tertiary/aromatic N) is 4. The largest absolute Gasteiger partial charge is 0.543 e. The molecule has 1 aromatic heterocycles. The molecule has 0 aromatic carbocycles. The molecule has 14 heteroatoms. The highest BCUT2D eigenvalue weighted by molar-refractivity contribution is 8.00. The van der Waals surface area contributed by atoms with Crippen LogP contribution in [0.15, 0.2) is 21.8 Å². The fourth-order valence-corrected chi connectivity index (χ4v) is 6.93. The number of carboxylic acid groups (broad SMARTS) is 1. The second kappa shape index (κ2) is 9.52. The molecule has 1 aromatic rings. The second-order valence-electron chi connectivity index (χ2n) is 8.79. The maximum atomic E-state index is 12.9. The summed E-state index contributed by atoms with van der Waals surface area (Å²) in [7, 11) is 2.05. The summed E-state index contributed by atoms with van der Waals surface area (Å²) in [6.07, 6.45) is 2.58. The number of anilines is 1. The maximum absolute atomic E-state index is 12.9. The van der Waals surface area contributed by atoms with Crippen molar-refractivity contribution < 1.29 is 34.3 Å². The van der Waals surface area contributed by atoms with E-state index >= 15 is 0 Å². The van der Waals surface area contributed by atoms with Gasteiger partial charge in [0.05, 0.1) is 31.3 Å². The standard InChI is InChI=1S/C20H26N6O6S2/c1-26(5-2-3-11(26)4-6-27)7-10-8-33-18-14(17(29)25(18)15(10)19(30)31)23-16(28)13(24-32)12-9-34-20(21)22-12/h9,11,14,18,27H,2-8H2,1H3,(H4-,21,22,23,28,30,31,32)/t11?,14?,18-,26?/m0/s1. The third-order valence-electron chi connectivity index (χ3n) is 6.71. The number of thioether (sulfide) groups is 1. The predicted molar refractivity (Wildman–Crippen MR) is 123 cm³/mol. The average Bonchev–Trinajstić information content (AvgIpc) is 3.37. The van der Waals surface area contributed by atoms with Crippen molar-refractivity contribution in [3.05, 3.63) is 22.3 Å². The van der Waals surface area contributed by atoms with Gasteiger partial charge >= 0.3 is 0 Å². The molecule has 0 saturated carbocycles. The number of aliphatic carboxylic acids is 1. The number of carbonyl (C=O) groups is 3. The zero-order valence-corrected chi connectivity index (χ0v) is 20.1. The average molecular weight is 511 g/mol. The summed E-state index contributed by atoms with van der Waals surface area (Å²) in [6.45, 7) is 1.38. The van der Waals surface area contributed by atoms with E-state index < -0.39 is 34.9 Å². The molecule has 4 rings (SSSR count). The molecule has 3 aliphatic heterocycles. The van der Waals surface area contributed by atoms with E-state index in [1.807, 2.05) is 7.05 Å². The van der Waals surface area contributed by atoms with Gasteiger partial charge in [-0.05, 0) is 0 Å². The Morgan fingerprint density at radius 3 is 2.85 bits per heavy atom. The summed E-state index contributed by atoms with van der Waals surface area (Å²) >= 11 is 2.42. The summed E-state index contributed by atoms with van der Waals surface area (Å²) in [6, 6.07) is -0.766. The predicted octanol–water partition coefficient (Wildman–Crippen LogP) is -1.70. The van der Waals surface area contributed by atoms with Crippen LogP contribution in [0.1, 0.15) is 25.0 Å². The van der Waals surface area contributed by atoms with Crippen molar-refractivity contribution in [1.82, 2.24) is 15.2 Å². The normalized spacial score (nSPS) is 29.1. The van der Waals surface area contributed by atoms with Crippen LogP contribution >= 0.6 is 23.1 Å². The van der Waals surface area contributed by atoms with Crippen molar-refractivity contribution in [2.45, 2.75) is 36.7 Å². The fraction of sp³-hybridized carbons (Fsp3) is 0.550. The highest BCUT2D eigenvalue weighted by Gasteiger charge is 2.54. The Morgan fingerprint density at radius 2 is 2.24 bits per heavy atom. The number of oxime groups is 1. The number of rotatable bonds is 8. The van der Waals surface area contributed by atoms with Gasteiger partial charge in [0.25, 0.3) is 11.8 Å². The van der Waals surface area contributed by atoms with Gasteiger partial charge in [-0.1, -0.05) is 5.16 Å². The van der Waals surface area contributed by atoms with Crippen LogP contribution in [-0.2, 0) is 14.4 Å². The van der Waals surface area contributed by atoms with Crippen LogP contribution in [0.3, 0.4) is 0 Å². The van der Waals surface area contributed by atoms with E-state index in [1.54, 1.807) is 0 Å². The van der Waals surface area contributed by atoms with Crippen LogP contribution < -0.4 is 16.2 Å². The van der Waals surface area contributed by atoms with Gasteiger partial charge in [-0.3, -0.25) is 14.5 Å². The third-order valence-corrected chi connectivity index (χ3v) is 8.72. The number of aliphatic hydroxyl groups excluding tert-OH is 1. The number of β-lactam (4-membered cyclic amide) rings is 1. The van der Waals surface area contributed by atoms with Gasteiger partial charge in [0.2, 0.25) is 0 Å². The molecule has 0 bridgehead atoms. The number of nitrogens with two attached hydrogens (primary N) is 1. The van der Waals surface area contributed by atoms with Crippen LogP contribution in [0.2, 0.25) is 0 Å². The second-order valence-corrected chi connectivity index (χ2v) is 10.8. The number of fused-ring (bicyclic) bond motifs is 1. The van der Waals surface area contributed by atoms with Crippen LogP contribution in [0.5, 0.6) is 0 Å². The lowest BCUT2D eigenvalue weighted by molar-refractivity contribution is -0.917. The number of carbonyl (C=O) groups excluding carboxylic acids is 3. The van der Waals surface area contributed by atoms with E-state index in [-0.39, 0.29) is 29.2 Å². The summed E-state index contributed by atoms with van der Waals surface area (Å²) < 4.78 is 0.604. The summed E-state index contributed by atoms with van der Waals surface area (Å²) in [5, 5.41) is 37.3. The fourth-order valence-electron chi connectivity index (χ4n) is 5.04. The molecule has 0 aliphatic carbocycles. The lowest BCUT2D eigenvalue weighted by atomic mass is 10.0. The Labute approximate surface area is 203 Å². The van der Waals surface area contributed by atoms with E-state index in [4.69, 9.17) is 5.73 Å². The molecule has 4 atom stereocenters. The van der Waals surface area contributed by atoms with Crippen LogP contribution in [-0.4, -0.2) is 98.1 Å². The van der Waals surface area contributed by atoms with E-state index in [9.17, 15) is 29.8 Å². The minimum Gasteiger partial charge on any atom is -0.543 e. The summed E-state index contributed by atoms with van der Waals surface area (Å²) in [5.74, 6) is -2.46. The minimum absolute atomic E-state index is 0.0695. The van der Waals surface area contributed by atoms with Gasteiger partial charge < -0.3 is 35.7 Å². The van der Waals surface area contributed by atoms with Crippen LogP contribution in [0, 0.1) is 0 Å². The number of nitrogen functional groups attached to an aromatic ring is 1. The number of thiazole rings is 1. The molecule has 34 heavy (non-hydrogen) atoms.